The molecule has 1 aliphatic carbocycles. The van der Waals surface area contributed by atoms with Crippen LogP contribution in [-0.2, 0) is 4.79 Å². The van der Waals surface area contributed by atoms with Crippen LogP contribution >= 0.6 is 0 Å². The van der Waals surface area contributed by atoms with E-state index in [9.17, 15) is 9.90 Å². The molecule has 2 rings (SSSR count). The van der Waals surface area contributed by atoms with Gasteiger partial charge in [-0.3, -0.25) is 4.79 Å². The second-order valence-corrected chi connectivity index (χ2v) is 5.14. The molecule has 0 spiro atoms. The normalized spacial score (nSPS) is 21.7. The van der Waals surface area contributed by atoms with Crippen molar-refractivity contribution in [2.75, 3.05) is 25.6 Å². The number of carbonyl (C=O) groups excluding carboxylic acids is 1. The molecular weight excluding hydrogens is 256 g/mol. The lowest BCUT2D eigenvalue weighted by Crippen LogP contribution is -2.39. The van der Waals surface area contributed by atoms with Gasteiger partial charge in [0.25, 0.3) is 0 Å². The van der Waals surface area contributed by atoms with Crippen LogP contribution < -0.4 is 15.4 Å². The van der Waals surface area contributed by atoms with E-state index >= 15 is 0 Å². The van der Waals surface area contributed by atoms with E-state index in [4.69, 9.17) is 4.74 Å². The largest absolute Gasteiger partial charge is 0.497 e. The number of methoxy groups -OCH3 is 1. The van der Waals surface area contributed by atoms with Crippen LogP contribution in [0.4, 0.5) is 5.69 Å². The highest BCUT2D eigenvalue weighted by atomic mass is 16.5. The van der Waals surface area contributed by atoms with Gasteiger partial charge in [-0.2, -0.15) is 0 Å². The molecule has 0 radical (unpaired) electrons. The van der Waals surface area contributed by atoms with Crippen LogP contribution in [0.1, 0.15) is 19.3 Å². The van der Waals surface area contributed by atoms with E-state index in [0.29, 0.717) is 0 Å². The van der Waals surface area contributed by atoms with Crippen molar-refractivity contribution in [1.82, 2.24) is 5.32 Å². The summed E-state index contributed by atoms with van der Waals surface area (Å²) in [6.45, 7) is 0.463. The predicted octanol–water partition coefficient (Wildman–Crippen LogP) is 1.38. The fourth-order valence-corrected chi connectivity index (χ4v) is 2.63. The van der Waals surface area contributed by atoms with Gasteiger partial charge in [0, 0.05) is 18.3 Å². The summed E-state index contributed by atoms with van der Waals surface area (Å²) in [5, 5.41) is 15.3. The van der Waals surface area contributed by atoms with E-state index < -0.39 is 0 Å². The molecule has 0 saturated heterocycles. The van der Waals surface area contributed by atoms with Crippen LogP contribution in [0.25, 0.3) is 0 Å². The minimum absolute atomic E-state index is 0.0706. The molecular formula is C15H22N2O3. The molecule has 1 saturated carbocycles. The van der Waals surface area contributed by atoms with Gasteiger partial charge in [-0.05, 0) is 43.0 Å². The van der Waals surface area contributed by atoms with Gasteiger partial charge >= 0.3 is 0 Å². The van der Waals surface area contributed by atoms with Crippen LogP contribution in [-0.4, -0.2) is 37.3 Å². The van der Waals surface area contributed by atoms with Crippen molar-refractivity contribution in [1.29, 1.82) is 0 Å². The molecule has 0 aromatic heterocycles. The molecule has 2 atom stereocenters. The lowest BCUT2D eigenvalue weighted by molar-refractivity contribution is -0.115. The summed E-state index contributed by atoms with van der Waals surface area (Å²) in [4.78, 5) is 11.9. The number of hydrogen-bond acceptors (Lipinski definition) is 4. The molecule has 5 nitrogen and oxygen atoms in total. The van der Waals surface area contributed by atoms with Gasteiger partial charge in [0.15, 0.2) is 0 Å². The van der Waals surface area contributed by atoms with E-state index in [-0.39, 0.29) is 31.0 Å². The van der Waals surface area contributed by atoms with E-state index in [1.54, 1.807) is 7.11 Å². The number of carbonyl (C=O) groups is 1. The van der Waals surface area contributed by atoms with Crippen LogP contribution in [0.3, 0.4) is 0 Å². The number of amides is 1. The molecule has 0 bridgehead atoms. The quantitative estimate of drug-likeness (QED) is 0.735. The average Bonchev–Trinajstić information content (AvgIpc) is 2.93. The van der Waals surface area contributed by atoms with Gasteiger partial charge in [0.05, 0.1) is 13.7 Å². The van der Waals surface area contributed by atoms with Gasteiger partial charge in [-0.15, -0.1) is 0 Å². The maximum Gasteiger partial charge on any atom is 0.238 e. The first-order valence-electron chi connectivity index (χ1n) is 7.01. The first-order chi connectivity index (χ1) is 9.72. The highest BCUT2D eigenvalue weighted by molar-refractivity contribution is 5.92. The van der Waals surface area contributed by atoms with Crippen LogP contribution in [0.2, 0.25) is 0 Å². The van der Waals surface area contributed by atoms with Crippen molar-refractivity contribution in [3.05, 3.63) is 24.3 Å². The number of aliphatic hydroxyl groups is 1. The van der Waals surface area contributed by atoms with Crippen molar-refractivity contribution in [2.45, 2.75) is 25.3 Å². The summed E-state index contributed by atoms with van der Waals surface area (Å²) < 4.78 is 5.06. The third kappa shape index (κ3) is 3.95. The third-order valence-electron chi connectivity index (χ3n) is 3.79. The molecule has 1 aliphatic rings. The van der Waals surface area contributed by atoms with Gasteiger partial charge in [0.1, 0.15) is 5.75 Å². The third-order valence-corrected chi connectivity index (χ3v) is 3.79. The monoisotopic (exact) mass is 278 g/mol. The predicted molar refractivity (Wildman–Crippen MR) is 77.8 cm³/mol. The molecule has 1 aromatic rings. The van der Waals surface area contributed by atoms with Gasteiger partial charge in [0.2, 0.25) is 5.91 Å². The van der Waals surface area contributed by atoms with Gasteiger partial charge in [-0.25, -0.2) is 0 Å². The molecule has 3 N–H and O–H groups in total. The number of rotatable bonds is 6. The minimum atomic E-state index is -0.0706. The van der Waals surface area contributed by atoms with Crippen molar-refractivity contribution in [3.8, 4) is 5.75 Å². The zero-order valence-electron chi connectivity index (χ0n) is 11.8. The molecule has 110 valence electrons. The summed E-state index contributed by atoms with van der Waals surface area (Å²) in [5.41, 5.74) is 0.753. The van der Waals surface area contributed by atoms with E-state index in [0.717, 1.165) is 30.7 Å². The fourth-order valence-electron chi connectivity index (χ4n) is 2.63. The summed E-state index contributed by atoms with van der Waals surface area (Å²) in [6.07, 6.45) is 3.18. The van der Waals surface area contributed by atoms with E-state index in [1.807, 2.05) is 24.3 Å². The summed E-state index contributed by atoms with van der Waals surface area (Å²) in [6, 6.07) is 7.48. The lowest BCUT2D eigenvalue weighted by atomic mass is 10.1. The first-order valence-corrected chi connectivity index (χ1v) is 7.01. The van der Waals surface area contributed by atoms with Crippen molar-refractivity contribution >= 4 is 11.6 Å². The highest BCUT2D eigenvalue weighted by Crippen LogP contribution is 2.24. The summed E-state index contributed by atoms with van der Waals surface area (Å²) in [7, 11) is 1.61. The molecule has 1 amide bonds. The number of nitrogens with one attached hydrogen (secondary N) is 2. The maximum atomic E-state index is 11.9. The molecule has 0 aliphatic heterocycles. The Morgan fingerprint density at radius 3 is 2.75 bits per heavy atom. The van der Waals surface area contributed by atoms with Gasteiger partial charge < -0.3 is 20.5 Å². The van der Waals surface area contributed by atoms with E-state index in [2.05, 4.69) is 10.6 Å². The lowest BCUT2D eigenvalue weighted by Gasteiger charge is -2.18. The Labute approximate surface area is 119 Å². The topological polar surface area (TPSA) is 70.6 Å². The maximum absolute atomic E-state index is 11.9. The molecule has 2 unspecified atom stereocenters. The van der Waals surface area contributed by atoms with Crippen LogP contribution in [0.5, 0.6) is 5.75 Å². The SMILES string of the molecule is COc1ccc(NC(=O)CNC2CCCC2CO)cc1. The second kappa shape index (κ2) is 7.26. The summed E-state index contributed by atoms with van der Waals surface area (Å²) in [5.74, 6) is 0.973. The van der Waals surface area contributed by atoms with Crippen molar-refractivity contribution in [2.24, 2.45) is 5.92 Å². The Bertz CT molecular complexity index is 433. The first kappa shape index (κ1) is 14.8. The highest BCUT2D eigenvalue weighted by Gasteiger charge is 2.26. The Kier molecular flexibility index (Phi) is 5.38. The number of ether oxygens (including phenoxy) is 1. The van der Waals surface area contributed by atoms with Gasteiger partial charge in [-0.1, -0.05) is 6.42 Å². The molecule has 5 heteroatoms. The van der Waals surface area contributed by atoms with E-state index in [1.165, 1.54) is 0 Å². The number of anilines is 1. The Balaban J connectivity index is 1.77. The second-order valence-electron chi connectivity index (χ2n) is 5.14. The Morgan fingerprint density at radius 2 is 2.10 bits per heavy atom. The Morgan fingerprint density at radius 1 is 1.35 bits per heavy atom. The Hall–Kier alpha value is -1.59. The van der Waals surface area contributed by atoms with Crippen molar-refractivity contribution < 1.29 is 14.6 Å². The molecule has 0 heterocycles. The van der Waals surface area contributed by atoms with Crippen LogP contribution in [0.15, 0.2) is 24.3 Å². The van der Waals surface area contributed by atoms with Crippen LogP contribution in [0, 0.1) is 5.92 Å². The molecule has 20 heavy (non-hydrogen) atoms. The number of hydrogen-bond donors (Lipinski definition) is 3. The zero-order valence-corrected chi connectivity index (χ0v) is 11.8. The number of aliphatic hydroxyl groups excluding tert-OH is 1. The smallest absolute Gasteiger partial charge is 0.238 e. The minimum Gasteiger partial charge on any atom is -0.497 e. The fraction of sp³-hybridized carbons (Fsp3) is 0.533. The standard InChI is InChI=1S/C15H22N2O3/c1-20-13-7-5-12(6-8-13)17-15(19)9-16-14-4-2-3-11(14)10-18/h5-8,11,14,16,18H,2-4,9-10H2,1H3,(H,17,19). The zero-order chi connectivity index (χ0) is 14.4. The average molecular weight is 278 g/mol. The molecule has 1 fully saturated rings. The molecule has 1 aromatic carbocycles. The number of benzene rings is 1. The van der Waals surface area contributed by atoms with Crippen molar-refractivity contribution in [3.63, 3.8) is 0 Å². The summed E-state index contributed by atoms with van der Waals surface area (Å²) >= 11 is 0.